The number of rotatable bonds is 6. The molecule has 1 aliphatic heterocycles. The lowest BCUT2D eigenvalue weighted by molar-refractivity contribution is 0.246. The van der Waals surface area contributed by atoms with E-state index in [-0.39, 0.29) is 0 Å². The minimum Gasteiger partial charge on any atom is -0.396 e. The minimum atomic E-state index is 0.297. The van der Waals surface area contributed by atoms with Crippen molar-refractivity contribution in [2.45, 2.75) is 32.2 Å². The summed E-state index contributed by atoms with van der Waals surface area (Å²) in [5.74, 6) is 0. The Bertz CT molecular complexity index is 124. The summed E-state index contributed by atoms with van der Waals surface area (Å²) in [6.45, 7) is 7.10. The molecule has 1 saturated heterocycles. The van der Waals surface area contributed by atoms with Gasteiger partial charge in [0.25, 0.3) is 0 Å². The van der Waals surface area contributed by atoms with Gasteiger partial charge in [-0.15, -0.1) is 0 Å². The zero-order chi connectivity index (χ0) is 9.52. The summed E-state index contributed by atoms with van der Waals surface area (Å²) in [7, 11) is 0. The van der Waals surface area contributed by atoms with E-state index in [1.54, 1.807) is 0 Å². The average Bonchev–Trinajstić information content (AvgIpc) is 2.65. The fourth-order valence-corrected chi connectivity index (χ4v) is 1.83. The Kier molecular flexibility index (Phi) is 5.35. The second kappa shape index (κ2) is 6.35. The van der Waals surface area contributed by atoms with Gasteiger partial charge in [0.2, 0.25) is 0 Å². The van der Waals surface area contributed by atoms with Gasteiger partial charge < -0.3 is 10.4 Å². The van der Waals surface area contributed by atoms with E-state index in [0.29, 0.717) is 12.6 Å². The number of aliphatic hydroxyl groups excluding tert-OH is 1. The minimum absolute atomic E-state index is 0.297. The molecule has 1 atom stereocenters. The smallest absolute Gasteiger partial charge is 0.0443 e. The molecule has 0 radical (unpaired) electrons. The van der Waals surface area contributed by atoms with Crippen LogP contribution in [-0.4, -0.2) is 48.8 Å². The van der Waals surface area contributed by atoms with Gasteiger partial charge in [0.1, 0.15) is 0 Å². The van der Waals surface area contributed by atoms with Crippen molar-refractivity contribution < 1.29 is 5.11 Å². The normalized spacial score (nSPS) is 20.8. The molecule has 0 aromatic rings. The first-order valence-electron chi connectivity index (χ1n) is 5.40. The molecule has 78 valence electrons. The number of aliphatic hydroxyl groups is 1. The third-order valence-electron chi connectivity index (χ3n) is 2.72. The molecule has 0 spiro atoms. The molecule has 1 fully saturated rings. The second-order valence-corrected chi connectivity index (χ2v) is 3.87. The zero-order valence-electron chi connectivity index (χ0n) is 8.63. The molecule has 0 aromatic carbocycles. The van der Waals surface area contributed by atoms with Crippen LogP contribution in [0.4, 0.5) is 0 Å². The van der Waals surface area contributed by atoms with Crippen LogP contribution in [0.3, 0.4) is 0 Å². The highest BCUT2D eigenvalue weighted by Gasteiger charge is 2.16. The standard InChI is InChI=1S/C10H22N2O/c1-10(9-11-5-4-8-13)12-6-2-3-7-12/h10-11,13H,2-9H2,1H3. The number of likely N-dealkylation sites (tertiary alicyclic amines) is 1. The Labute approximate surface area is 81.1 Å². The largest absolute Gasteiger partial charge is 0.396 e. The maximum Gasteiger partial charge on any atom is 0.0443 e. The van der Waals surface area contributed by atoms with Crippen LogP contribution in [0.2, 0.25) is 0 Å². The lowest BCUT2D eigenvalue weighted by Crippen LogP contribution is -2.38. The van der Waals surface area contributed by atoms with Gasteiger partial charge in [-0.25, -0.2) is 0 Å². The summed E-state index contributed by atoms with van der Waals surface area (Å²) in [6, 6.07) is 0.654. The summed E-state index contributed by atoms with van der Waals surface area (Å²) in [5.41, 5.74) is 0. The van der Waals surface area contributed by atoms with Crippen molar-refractivity contribution in [3.8, 4) is 0 Å². The zero-order valence-corrected chi connectivity index (χ0v) is 8.63. The maximum atomic E-state index is 8.59. The van der Waals surface area contributed by atoms with Gasteiger partial charge in [0.15, 0.2) is 0 Å². The number of nitrogens with one attached hydrogen (secondary N) is 1. The predicted molar refractivity (Wildman–Crippen MR) is 54.8 cm³/mol. The van der Waals surface area contributed by atoms with Crippen molar-refractivity contribution in [3.63, 3.8) is 0 Å². The first-order valence-corrected chi connectivity index (χ1v) is 5.40. The molecule has 1 heterocycles. The van der Waals surface area contributed by atoms with E-state index < -0.39 is 0 Å². The summed E-state index contributed by atoms with van der Waals surface area (Å²) >= 11 is 0. The predicted octanol–water partition coefficient (Wildman–Crippen LogP) is 0.443. The van der Waals surface area contributed by atoms with Crippen LogP contribution < -0.4 is 5.32 Å². The molecule has 1 rings (SSSR count). The van der Waals surface area contributed by atoms with E-state index in [0.717, 1.165) is 19.5 Å². The molecule has 0 aliphatic carbocycles. The molecular weight excluding hydrogens is 164 g/mol. The van der Waals surface area contributed by atoms with Crippen molar-refractivity contribution in [2.24, 2.45) is 0 Å². The van der Waals surface area contributed by atoms with Crippen molar-refractivity contribution >= 4 is 0 Å². The Morgan fingerprint density at radius 1 is 1.38 bits per heavy atom. The molecule has 13 heavy (non-hydrogen) atoms. The first kappa shape index (κ1) is 11.0. The Morgan fingerprint density at radius 2 is 2.08 bits per heavy atom. The van der Waals surface area contributed by atoms with Gasteiger partial charge >= 0.3 is 0 Å². The number of hydrogen-bond acceptors (Lipinski definition) is 3. The van der Waals surface area contributed by atoms with Crippen molar-refractivity contribution in [2.75, 3.05) is 32.8 Å². The summed E-state index contributed by atoms with van der Waals surface area (Å²) < 4.78 is 0. The van der Waals surface area contributed by atoms with E-state index >= 15 is 0 Å². The summed E-state index contributed by atoms with van der Waals surface area (Å²) in [5, 5.41) is 12.0. The molecule has 0 amide bonds. The highest BCUT2D eigenvalue weighted by atomic mass is 16.3. The van der Waals surface area contributed by atoms with Crippen LogP contribution >= 0.6 is 0 Å². The van der Waals surface area contributed by atoms with Gasteiger partial charge in [-0.05, 0) is 45.8 Å². The van der Waals surface area contributed by atoms with Crippen LogP contribution in [0, 0.1) is 0 Å². The Hall–Kier alpha value is -0.120. The van der Waals surface area contributed by atoms with Crippen LogP contribution in [-0.2, 0) is 0 Å². The van der Waals surface area contributed by atoms with Gasteiger partial charge in [-0.2, -0.15) is 0 Å². The number of nitrogens with zero attached hydrogens (tertiary/aromatic N) is 1. The average molecular weight is 186 g/mol. The molecule has 1 aliphatic rings. The van der Waals surface area contributed by atoms with Gasteiger partial charge in [-0.1, -0.05) is 0 Å². The second-order valence-electron chi connectivity index (χ2n) is 3.87. The monoisotopic (exact) mass is 186 g/mol. The third kappa shape index (κ3) is 4.07. The third-order valence-corrected chi connectivity index (χ3v) is 2.72. The van der Waals surface area contributed by atoms with Crippen LogP contribution in [0.5, 0.6) is 0 Å². The van der Waals surface area contributed by atoms with Crippen LogP contribution in [0.15, 0.2) is 0 Å². The molecule has 0 bridgehead atoms. The van der Waals surface area contributed by atoms with Gasteiger partial charge in [0.05, 0.1) is 0 Å². The SMILES string of the molecule is CC(CNCCCO)N1CCCC1. The van der Waals surface area contributed by atoms with Crippen molar-refractivity contribution in [3.05, 3.63) is 0 Å². The quantitative estimate of drug-likeness (QED) is 0.591. The Balaban J connectivity index is 1.99. The topological polar surface area (TPSA) is 35.5 Å². The summed E-state index contributed by atoms with van der Waals surface area (Å²) in [6.07, 6.45) is 3.59. The lowest BCUT2D eigenvalue weighted by Gasteiger charge is -2.23. The summed E-state index contributed by atoms with van der Waals surface area (Å²) in [4.78, 5) is 2.53. The first-order chi connectivity index (χ1) is 6.34. The highest BCUT2D eigenvalue weighted by molar-refractivity contribution is 4.74. The maximum absolute atomic E-state index is 8.59. The van der Waals surface area contributed by atoms with E-state index in [2.05, 4.69) is 17.1 Å². The lowest BCUT2D eigenvalue weighted by atomic mass is 10.3. The molecular formula is C10H22N2O. The van der Waals surface area contributed by atoms with Gasteiger partial charge in [0, 0.05) is 19.2 Å². The van der Waals surface area contributed by atoms with Gasteiger partial charge in [-0.3, -0.25) is 4.90 Å². The highest BCUT2D eigenvalue weighted by Crippen LogP contribution is 2.10. The van der Waals surface area contributed by atoms with E-state index in [4.69, 9.17) is 5.11 Å². The van der Waals surface area contributed by atoms with Crippen LogP contribution in [0.25, 0.3) is 0 Å². The fraction of sp³-hybridized carbons (Fsp3) is 1.00. The van der Waals surface area contributed by atoms with E-state index in [1.807, 2.05) is 0 Å². The molecule has 1 unspecified atom stereocenters. The fourth-order valence-electron chi connectivity index (χ4n) is 1.83. The Morgan fingerprint density at radius 3 is 2.69 bits per heavy atom. The molecule has 0 saturated carbocycles. The molecule has 0 aromatic heterocycles. The van der Waals surface area contributed by atoms with Crippen molar-refractivity contribution in [1.82, 2.24) is 10.2 Å². The molecule has 2 N–H and O–H groups in total. The van der Waals surface area contributed by atoms with Crippen LogP contribution in [0.1, 0.15) is 26.2 Å². The van der Waals surface area contributed by atoms with Crippen molar-refractivity contribution in [1.29, 1.82) is 0 Å². The molecule has 3 nitrogen and oxygen atoms in total. The molecule has 3 heteroatoms. The van der Waals surface area contributed by atoms with E-state index in [9.17, 15) is 0 Å². The van der Waals surface area contributed by atoms with E-state index in [1.165, 1.54) is 25.9 Å². The number of hydrogen-bond donors (Lipinski definition) is 2.